The number of carbonyl (C=O) groups is 1. The molecule has 1 amide bonds. The molecule has 9 atom stereocenters. The third-order valence-corrected chi connectivity index (χ3v) is 8.28. The van der Waals surface area contributed by atoms with E-state index in [0.717, 1.165) is 0 Å². The van der Waals surface area contributed by atoms with E-state index in [1.807, 2.05) is 13.8 Å². The zero-order chi connectivity index (χ0) is 30.8. The minimum atomic E-state index is -3.48. The highest BCUT2D eigenvalue weighted by molar-refractivity contribution is 8.07. The largest absolute Gasteiger partial charge is 0.394 e. The Bertz CT molecular complexity index is 829. The van der Waals surface area contributed by atoms with Crippen LogP contribution < -0.4 is 5.32 Å². The molecule has 2 fully saturated rings. The molecule has 6 N–H and O–H groups in total. The number of unbranched alkanes of at least 4 members (excludes halogenated alkanes) is 1. The third kappa shape index (κ3) is 13.5. The van der Waals surface area contributed by atoms with Crippen molar-refractivity contribution in [3.63, 3.8) is 0 Å². The molecule has 0 aromatic heterocycles. The first-order valence-corrected chi connectivity index (χ1v) is 16.9. The van der Waals surface area contributed by atoms with E-state index in [1.165, 1.54) is 0 Å². The summed E-state index contributed by atoms with van der Waals surface area (Å²) in [6, 6.07) is 0. The number of nitrogens with one attached hydrogen (secondary N) is 1. The van der Waals surface area contributed by atoms with E-state index in [0.29, 0.717) is 45.3 Å². The fraction of sp³-hybridized carbons (Fsp3) is 0.962. The SMILES string of the molecule is CC(C)OC[C@H]1O[C@@H](CCCNC(=O)CCCCO[C@H]2O[C@H](CO)[C@@H](O)[C@H](O)[C@@H]2O)CC1OP(O)(=S)OC(C)(C)C. The van der Waals surface area contributed by atoms with E-state index < -0.39 is 55.7 Å². The number of aliphatic hydroxyl groups is 4. The molecular weight excluding hydrogens is 581 g/mol. The fourth-order valence-corrected chi connectivity index (χ4v) is 6.81. The van der Waals surface area contributed by atoms with Crippen LogP contribution in [0.4, 0.5) is 0 Å². The lowest BCUT2D eigenvalue weighted by Gasteiger charge is -2.39. The number of hydrogen-bond acceptors (Lipinski definition) is 12. The van der Waals surface area contributed by atoms with Gasteiger partial charge in [0, 0.05) is 26.0 Å². The first-order chi connectivity index (χ1) is 19.1. The maximum atomic E-state index is 12.2. The molecule has 13 nitrogen and oxygen atoms in total. The molecule has 15 heteroatoms. The summed E-state index contributed by atoms with van der Waals surface area (Å²) in [5.41, 5.74) is -0.650. The molecule has 242 valence electrons. The summed E-state index contributed by atoms with van der Waals surface area (Å²) in [6.45, 7) is 6.21. The third-order valence-electron chi connectivity index (χ3n) is 6.48. The van der Waals surface area contributed by atoms with Gasteiger partial charge in [0.1, 0.15) is 30.5 Å². The molecule has 41 heavy (non-hydrogen) atoms. The maximum absolute atomic E-state index is 12.2. The average Bonchev–Trinajstić information content (AvgIpc) is 3.23. The van der Waals surface area contributed by atoms with Crippen LogP contribution in [0.15, 0.2) is 0 Å². The van der Waals surface area contributed by atoms with Gasteiger partial charge >= 0.3 is 6.72 Å². The number of amides is 1. The van der Waals surface area contributed by atoms with Crippen molar-refractivity contribution in [1.82, 2.24) is 5.32 Å². The molecule has 0 aromatic carbocycles. The number of hydrogen-bond donors (Lipinski definition) is 6. The average molecular weight is 632 g/mol. The van der Waals surface area contributed by atoms with Crippen molar-refractivity contribution in [3.05, 3.63) is 0 Å². The van der Waals surface area contributed by atoms with Crippen LogP contribution in [-0.2, 0) is 44.6 Å². The molecule has 2 saturated heterocycles. The van der Waals surface area contributed by atoms with Crippen molar-refractivity contribution in [1.29, 1.82) is 0 Å². The van der Waals surface area contributed by atoms with Gasteiger partial charge in [-0.3, -0.25) is 4.79 Å². The maximum Gasteiger partial charge on any atom is 0.325 e. The Hall–Kier alpha value is -0.320. The molecule has 2 aliphatic heterocycles. The monoisotopic (exact) mass is 631 g/mol. The summed E-state index contributed by atoms with van der Waals surface area (Å²) in [4.78, 5) is 22.8. The van der Waals surface area contributed by atoms with Gasteiger partial charge in [0.15, 0.2) is 6.29 Å². The van der Waals surface area contributed by atoms with Gasteiger partial charge in [-0.05, 0) is 72.1 Å². The Morgan fingerprint density at radius 2 is 1.78 bits per heavy atom. The minimum Gasteiger partial charge on any atom is -0.394 e. The van der Waals surface area contributed by atoms with E-state index in [9.17, 15) is 30.1 Å². The van der Waals surface area contributed by atoms with E-state index in [-0.39, 0.29) is 37.2 Å². The number of ether oxygens (including phenoxy) is 4. The van der Waals surface area contributed by atoms with E-state index in [4.69, 9.17) is 39.8 Å². The predicted molar refractivity (Wildman–Crippen MR) is 152 cm³/mol. The van der Waals surface area contributed by atoms with Crippen molar-refractivity contribution < 1.29 is 58.1 Å². The molecule has 0 aliphatic carbocycles. The number of carbonyl (C=O) groups excluding carboxylic acids is 1. The second-order valence-electron chi connectivity index (χ2n) is 11.7. The number of aliphatic hydroxyl groups excluding tert-OH is 4. The summed E-state index contributed by atoms with van der Waals surface area (Å²) >= 11 is 5.22. The van der Waals surface area contributed by atoms with Crippen LogP contribution in [0.1, 0.15) is 73.1 Å². The van der Waals surface area contributed by atoms with Gasteiger partial charge in [0.2, 0.25) is 5.91 Å². The Kier molecular flexibility index (Phi) is 15.5. The topological polar surface area (TPSA) is 186 Å². The van der Waals surface area contributed by atoms with Crippen molar-refractivity contribution in [2.45, 2.75) is 134 Å². The second kappa shape index (κ2) is 17.2. The highest BCUT2D eigenvalue weighted by Gasteiger charge is 2.44. The van der Waals surface area contributed by atoms with E-state index in [1.54, 1.807) is 20.8 Å². The highest BCUT2D eigenvalue weighted by atomic mass is 32.5. The quantitative estimate of drug-likeness (QED) is 0.0982. The number of rotatable bonds is 17. The van der Waals surface area contributed by atoms with Gasteiger partial charge in [-0.25, -0.2) is 0 Å². The predicted octanol–water partition coefficient (Wildman–Crippen LogP) is 0.869. The van der Waals surface area contributed by atoms with Crippen molar-refractivity contribution in [2.75, 3.05) is 26.4 Å². The van der Waals surface area contributed by atoms with Crippen LogP contribution >= 0.6 is 6.72 Å². The Labute approximate surface area is 248 Å². The zero-order valence-corrected chi connectivity index (χ0v) is 26.4. The lowest BCUT2D eigenvalue weighted by Crippen LogP contribution is -2.59. The van der Waals surface area contributed by atoms with Gasteiger partial charge < -0.3 is 58.6 Å². The van der Waals surface area contributed by atoms with Gasteiger partial charge in [0.05, 0.1) is 37.1 Å². The first-order valence-electron chi connectivity index (χ1n) is 14.3. The Morgan fingerprint density at radius 3 is 2.41 bits per heavy atom. The molecule has 2 aliphatic rings. The summed E-state index contributed by atoms with van der Waals surface area (Å²) in [6.07, 6.45) is -4.31. The van der Waals surface area contributed by atoms with Gasteiger partial charge in [0.25, 0.3) is 0 Å². The Balaban J connectivity index is 1.66. The highest BCUT2D eigenvalue weighted by Crippen LogP contribution is 2.50. The van der Waals surface area contributed by atoms with E-state index in [2.05, 4.69) is 5.32 Å². The standard InChI is InChI=1S/C26H50NO12PS/c1-16(2)35-15-20-18(38-40(33,41)39-26(3,4)5)13-17(36-20)9-8-11-27-21(29)10-6-7-12-34-25-24(32)23(31)22(30)19(14-28)37-25/h16-20,22-25,28,30-32H,6-15H2,1-5H3,(H,27,29)(H,33,41)/t17-,18?,19+,20+,22+,23-,24-,25-,40?/m0/s1. The van der Waals surface area contributed by atoms with Crippen LogP contribution in [0, 0.1) is 0 Å². The summed E-state index contributed by atoms with van der Waals surface area (Å²) in [7, 11) is 0. The first kappa shape index (κ1) is 36.9. The van der Waals surface area contributed by atoms with Crippen LogP contribution in [-0.4, -0.2) is 118 Å². The van der Waals surface area contributed by atoms with Gasteiger partial charge in [-0.1, -0.05) is 0 Å². The van der Waals surface area contributed by atoms with Crippen LogP contribution in [0.5, 0.6) is 0 Å². The second-order valence-corrected chi connectivity index (χ2v) is 14.5. The summed E-state index contributed by atoms with van der Waals surface area (Å²) in [5, 5.41) is 41.7. The Morgan fingerprint density at radius 1 is 1.07 bits per heavy atom. The van der Waals surface area contributed by atoms with Gasteiger partial charge in [-0.15, -0.1) is 0 Å². The molecular formula is C26H50NO12PS. The molecule has 2 unspecified atom stereocenters. The lowest BCUT2D eigenvalue weighted by atomic mass is 9.99. The molecule has 0 spiro atoms. The van der Waals surface area contributed by atoms with Crippen molar-refractivity contribution in [2.24, 2.45) is 0 Å². The zero-order valence-electron chi connectivity index (χ0n) is 24.7. The van der Waals surface area contributed by atoms with Crippen LogP contribution in [0.25, 0.3) is 0 Å². The molecule has 2 heterocycles. The van der Waals surface area contributed by atoms with Crippen LogP contribution in [0.2, 0.25) is 0 Å². The van der Waals surface area contributed by atoms with Crippen LogP contribution in [0.3, 0.4) is 0 Å². The lowest BCUT2D eigenvalue weighted by molar-refractivity contribution is -0.301. The smallest absolute Gasteiger partial charge is 0.325 e. The summed E-state index contributed by atoms with van der Waals surface area (Å²) < 4.78 is 34.0. The summed E-state index contributed by atoms with van der Waals surface area (Å²) in [5.74, 6) is -0.102. The normalized spacial score (nSPS) is 32.3. The minimum absolute atomic E-state index is 0.0100. The van der Waals surface area contributed by atoms with E-state index >= 15 is 0 Å². The van der Waals surface area contributed by atoms with Gasteiger partial charge in [-0.2, -0.15) is 0 Å². The molecule has 0 bridgehead atoms. The molecule has 2 rings (SSSR count). The fourth-order valence-electron chi connectivity index (χ4n) is 4.51. The molecule has 0 aromatic rings. The molecule has 0 radical (unpaired) electrons. The van der Waals surface area contributed by atoms with Crippen molar-refractivity contribution in [3.8, 4) is 0 Å². The molecule has 0 saturated carbocycles. The van der Waals surface area contributed by atoms with Crippen molar-refractivity contribution >= 4 is 24.4 Å².